The van der Waals surface area contributed by atoms with E-state index in [4.69, 9.17) is 29.4 Å². The van der Waals surface area contributed by atoms with Crippen LogP contribution in [0.1, 0.15) is 51.5 Å². The van der Waals surface area contributed by atoms with Gasteiger partial charge in [-0.3, -0.25) is 0 Å². The second-order valence-electron chi connectivity index (χ2n) is 9.19. The summed E-state index contributed by atoms with van der Waals surface area (Å²) < 4.78 is 28.5. The molecule has 0 saturated heterocycles. The monoisotopic (exact) mass is 482 g/mol. The molecule has 0 fully saturated rings. The molecule has 0 aliphatic carbocycles. The summed E-state index contributed by atoms with van der Waals surface area (Å²) >= 11 is 0. The molecule has 4 unspecified atom stereocenters. The van der Waals surface area contributed by atoms with Gasteiger partial charge in [-0.25, -0.2) is 0 Å². The minimum absolute atomic E-state index is 0.0536. The number of ether oxygens (including phenoxy) is 5. The zero-order valence-electron chi connectivity index (χ0n) is 21.5. The molecule has 1 aliphatic rings. The summed E-state index contributed by atoms with van der Waals surface area (Å²) in [5.74, 6) is 3.28. The normalized spacial score (nSPS) is 18.0. The lowest BCUT2D eigenvalue weighted by Gasteiger charge is -2.34. The third kappa shape index (κ3) is 5.76. The maximum atomic E-state index is 10.5. The van der Waals surface area contributed by atoms with Crippen molar-refractivity contribution in [1.29, 1.82) is 5.26 Å². The van der Waals surface area contributed by atoms with Gasteiger partial charge in [0.25, 0.3) is 0 Å². The van der Waals surface area contributed by atoms with Crippen molar-refractivity contribution < 1.29 is 23.7 Å². The summed E-state index contributed by atoms with van der Waals surface area (Å²) in [7, 11) is 4.76. The largest absolute Gasteiger partial charge is 0.493 e. The molecule has 0 radical (unpaired) electrons. The second kappa shape index (κ2) is 12.0. The smallest absolute Gasteiger partial charge is 0.203 e. The lowest BCUT2D eigenvalue weighted by atomic mass is 9.67. The molecule has 190 valence electrons. The van der Waals surface area contributed by atoms with E-state index in [2.05, 4.69) is 19.9 Å². The van der Waals surface area contributed by atoms with Crippen molar-refractivity contribution in [1.82, 2.24) is 0 Å². The number of nitrogens with zero attached hydrogens (tertiary/aromatic N) is 1. The quantitative estimate of drug-likeness (QED) is 0.441. The van der Waals surface area contributed by atoms with Crippen LogP contribution >= 0.6 is 0 Å². The number of para-hydroxylation sites is 2. The van der Waals surface area contributed by atoms with Crippen molar-refractivity contribution in [2.45, 2.75) is 63.5 Å². The fraction of sp³-hybridized carbons (Fsp3) is 0.536. The van der Waals surface area contributed by atoms with Gasteiger partial charge < -0.3 is 29.4 Å². The highest BCUT2D eigenvalue weighted by Gasteiger charge is 2.39. The van der Waals surface area contributed by atoms with Crippen LogP contribution in [0.4, 0.5) is 0 Å². The van der Waals surface area contributed by atoms with Crippen molar-refractivity contribution >= 4 is 0 Å². The van der Waals surface area contributed by atoms with E-state index in [0.717, 1.165) is 36.3 Å². The Labute approximate surface area is 209 Å². The molecule has 0 amide bonds. The van der Waals surface area contributed by atoms with E-state index in [9.17, 15) is 5.26 Å². The van der Waals surface area contributed by atoms with Crippen LogP contribution in [-0.2, 0) is 5.41 Å². The molecule has 0 spiro atoms. The van der Waals surface area contributed by atoms with Gasteiger partial charge in [-0.1, -0.05) is 32.4 Å². The minimum atomic E-state index is -0.704. The molecule has 0 bridgehead atoms. The van der Waals surface area contributed by atoms with Crippen molar-refractivity contribution in [3.05, 3.63) is 42.0 Å². The SMILES string of the molecule is CCC(C)C(C#N)(CCCC(N)CC1COc2ccccc2O1)c1cc(OC)c(OC)c(OC)c1. The Morgan fingerprint density at radius 3 is 2.34 bits per heavy atom. The average Bonchev–Trinajstić information content (AvgIpc) is 2.89. The van der Waals surface area contributed by atoms with Gasteiger partial charge in [-0.05, 0) is 55.0 Å². The molecule has 1 aliphatic heterocycles. The van der Waals surface area contributed by atoms with Crippen LogP contribution in [0.3, 0.4) is 0 Å². The summed E-state index contributed by atoms with van der Waals surface area (Å²) in [5, 5.41) is 10.5. The summed E-state index contributed by atoms with van der Waals surface area (Å²) in [4.78, 5) is 0. The van der Waals surface area contributed by atoms with Gasteiger partial charge in [0.1, 0.15) is 12.7 Å². The first-order valence-corrected chi connectivity index (χ1v) is 12.3. The predicted molar refractivity (Wildman–Crippen MR) is 136 cm³/mol. The molecule has 7 nitrogen and oxygen atoms in total. The summed E-state index contributed by atoms with van der Waals surface area (Å²) in [6, 6.07) is 14.1. The van der Waals surface area contributed by atoms with E-state index in [0.29, 0.717) is 36.7 Å². The van der Waals surface area contributed by atoms with E-state index in [-0.39, 0.29) is 18.1 Å². The third-order valence-corrected chi connectivity index (χ3v) is 7.11. The second-order valence-corrected chi connectivity index (χ2v) is 9.19. The van der Waals surface area contributed by atoms with Crippen LogP contribution in [0.5, 0.6) is 28.7 Å². The van der Waals surface area contributed by atoms with Crippen molar-refractivity contribution in [2.24, 2.45) is 11.7 Å². The number of benzene rings is 2. The highest BCUT2D eigenvalue weighted by molar-refractivity contribution is 5.56. The average molecular weight is 483 g/mol. The Morgan fingerprint density at radius 2 is 1.77 bits per heavy atom. The number of hydrogen-bond donors (Lipinski definition) is 1. The Hall–Kier alpha value is -3.11. The van der Waals surface area contributed by atoms with Gasteiger partial charge in [0.2, 0.25) is 5.75 Å². The number of hydrogen-bond acceptors (Lipinski definition) is 7. The van der Waals surface area contributed by atoms with E-state index in [1.807, 2.05) is 36.4 Å². The number of nitriles is 1. The van der Waals surface area contributed by atoms with Gasteiger partial charge in [0, 0.05) is 12.5 Å². The number of rotatable bonds is 12. The fourth-order valence-corrected chi connectivity index (χ4v) is 4.87. The summed E-state index contributed by atoms with van der Waals surface area (Å²) in [6.07, 6.45) is 3.75. The molecule has 35 heavy (non-hydrogen) atoms. The predicted octanol–water partition coefficient (Wildman–Crippen LogP) is 5.25. The van der Waals surface area contributed by atoms with E-state index in [1.54, 1.807) is 21.3 Å². The minimum Gasteiger partial charge on any atom is -0.493 e. The van der Waals surface area contributed by atoms with E-state index >= 15 is 0 Å². The third-order valence-electron chi connectivity index (χ3n) is 7.11. The van der Waals surface area contributed by atoms with Crippen molar-refractivity contribution in [3.63, 3.8) is 0 Å². The van der Waals surface area contributed by atoms with Crippen LogP contribution in [-0.4, -0.2) is 40.1 Å². The standard InChI is InChI=1S/C28H38N2O5/c1-6-19(2)28(18-29,20-14-25(31-3)27(33-5)26(15-20)32-4)13-9-10-21(30)16-22-17-34-23-11-7-8-12-24(23)35-22/h7-8,11-12,14-15,19,21-22H,6,9-10,13,16-17,30H2,1-5H3. The molecule has 3 rings (SSSR count). The topological polar surface area (TPSA) is 96.0 Å². The maximum Gasteiger partial charge on any atom is 0.203 e. The van der Waals surface area contributed by atoms with Crippen LogP contribution in [0.25, 0.3) is 0 Å². The zero-order chi connectivity index (χ0) is 25.4. The zero-order valence-corrected chi connectivity index (χ0v) is 21.5. The molecular formula is C28H38N2O5. The molecule has 0 saturated carbocycles. The first-order chi connectivity index (χ1) is 16.9. The molecule has 2 aromatic rings. The first-order valence-electron chi connectivity index (χ1n) is 12.3. The Morgan fingerprint density at radius 1 is 1.11 bits per heavy atom. The van der Waals surface area contributed by atoms with E-state index < -0.39 is 5.41 Å². The van der Waals surface area contributed by atoms with Gasteiger partial charge in [-0.2, -0.15) is 5.26 Å². The van der Waals surface area contributed by atoms with Crippen molar-refractivity contribution in [2.75, 3.05) is 27.9 Å². The molecule has 1 heterocycles. The summed E-state index contributed by atoms with van der Waals surface area (Å²) in [6.45, 7) is 4.72. The maximum absolute atomic E-state index is 10.5. The highest BCUT2D eigenvalue weighted by Crippen LogP contribution is 2.46. The lowest BCUT2D eigenvalue weighted by Crippen LogP contribution is -2.36. The molecule has 7 heteroatoms. The molecular weight excluding hydrogens is 444 g/mol. The van der Waals surface area contributed by atoms with Crippen LogP contribution in [0.2, 0.25) is 0 Å². The van der Waals surface area contributed by atoms with Crippen molar-refractivity contribution in [3.8, 4) is 34.8 Å². The molecule has 0 aromatic heterocycles. The molecule has 4 atom stereocenters. The number of nitrogens with two attached hydrogens (primary N) is 1. The Bertz CT molecular complexity index is 996. The molecule has 2 aromatic carbocycles. The number of fused-ring (bicyclic) bond motifs is 1. The Kier molecular flexibility index (Phi) is 9.11. The van der Waals surface area contributed by atoms with Crippen LogP contribution in [0, 0.1) is 17.2 Å². The van der Waals surface area contributed by atoms with Crippen LogP contribution in [0.15, 0.2) is 36.4 Å². The van der Waals surface area contributed by atoms with Gasteiger partial charge in [0.15, 0.2) is 23.0 Å². The summed E-state index contributed by atoms with van der Waals surface area (Å²) in [5.41, 5.74) is 6.67. The highest BCUT2D eigenvalue weighted by atomic mass is 16.6. The van der Waals surface area contributed by atoms with Crippen LogP contribution < -0.4 is 29.4 Å². The van der Waals surface area contributed by atoms with Gasteiger partial charge >= 0.3 is 0 Å². The van der Waals surface area contributed by atoms with E-state index in [1.165, 1.54) is 0 Å². The number of methoxy groups -OCH3 is 3. The lowest BCUT2D eigenvalue weighted by molar-refractivity contribution is 0.0788. The Balaban J connectivity index is 1.72. The van der Waals surface area contributed by atoms with Gasteiger partial charge in [0.05, 0.1) is 32.8 Å². The first kappa shape index (κ1) is 26.5. The van der Waals surface area contributed by atoms with Gasteiger partial charge in [-0.15, -0.1) is 0 Å². The molecule has 2 N–H and O–H groups in total. The fourth-order valence-electron chi connectivity index (χ4n) is 4.87.